The number of nitrogens with zero attached hydrogens (tertiary/aromatic N) is 1. The van der Waals surface area contributed by atoms with Crippen LogP contribution < -0.4 is 11.2 Å². The van der Waals surface area contributed by atoms with E-state index >= 15 is 0 Å². The number of phenols is 1. The number of carbonyl (C=O) groups excluding carboxylic acids is 2. The van der Waals surface area contributed by atoms with Crippen molar-refractivity contribution in [3.63, 3.8) is 0 Å². The van der Waals surface area contributed by atoms with Crippen LogP contribution in [0, 0.1) is 0 Å². The van der Waals surface area contributed by atoms with E-state index in [-0.39, 0.29) is 17.2 Å². The highest BCUT2D eigenvalue weighted by Crippen LogP contribution is 2.29. The van der Waals surface area contributed by atoms with E-state index in [9.17, 15) is 14.7 Å². The van der Waals surface area contributed by atoms with Crippen molar-refractivity contribution in [3.8, 4) is 5.75 Å². The average Bonchev–Trinajstić information content (AvgIpc) is 2.77. The molecule has 3 rings (SSSR count). The molecule has 30 heavy (non-hydrogen) atoms. The van der Waals surface area contributed by atoms with E-state index in [1.54, 1.807) is 23.1 Å². The second-order valence-electron chi connectivity index (χ2n) is 7.26. The Kier molecular flexibility index (Phi) is 7.21. The molecule has 0 saturated carbocycles. The van der Waals surface area contributed by atoms with Crippen molar-refractivity contribution in [3.05, 3.63) is 70.8 Å². The molecule has 0 bridgehead atoms. The maximum absolute atomic E-state index is 12.6. The highest BCUT2D eigenvalue weighted by Gasteiger charge is 2.23. The number of amides is 2. The van der Waals surface area contributed by atoms with Crippen LogP contribution in [0.5, 0.6) is 5.75 Å². The van der Waals surface area contributed by atoms with Gasteiger partial charge < -0.3 is 15.7 Å². The Morgan fingerprint density at radius 2 is 1.97 bits per heavy atom. The molecule has 2 aromatic carbocycles. The van der Waals surface area contributed by atoms with E-state index < -0.39 is 5.91 Å². The van der Waals surface area contributed by atoms with Gasteiger partial charge >= 0.3 is 0 Å². The lowest BCUT2D eigenvalue weighted by Gasteiger charge is -2.31. The fourth-order valence-electron chi connectivity index (χ4n) is 3.76. The van der Waals surface area contributed by atoms with Crippen LogP contribution in [-0.4, -0.2) is 42.0 Å². The quantitative estimate of drug-likeness (QED) is 0.502. The number of piperidine rings is 1. The Balaban J connectivity index is 1.64. The molecule has 7 heteroatoms. The number of aromatic hydroxyl groups is 1. The molecule has 0 aliphatic carbocycles. The summed E-state index contributed by atoms with van der Waals surface area (Å²) in [6.45, 7) is 1.85. The van der Waals surface area contributed by atoms with Gasteiger partial charge in [-0.1, -0.05) is 36.4 Å². The minimum absolute atomic E-state index is 0.0573. The molecule has 158 valence electrons. The predicted octanol–water partition coefficient (Wildman–Crippen LogP) is 2.56. The largest absolute Gasteiger partial charge is 0.507 e. The predicted molar refractivity (Wildman–Crippen MR) is 115 cm³/mol. The molecule has 1 fully saturated rings. The van der Waals surface area contributed by atoms with Gasteiger partial charge in [0.05, 0.1) is 12.7 Å². The third-order valence-corrected chi connectivity index (χ3v) is 5.37. The standard InChI is InChI=1S/C23H27N3O4/c1-30-25-23(29)22-18(5-3-7-20(22)27)8-9-21(28)26-12-10-17(11-13-26)19-6-2-4-16(14-19)15-24/h2-9,14,17,27H,10-13,15,24H2,1H3,(H,25,29)/b9-8+. The van der Waals surface area contributed by atoms with Gasteiger partial charge in [-0.3, -0.25) is 14.4 Å². The van der Waals surface area contributed by atoms with Crippen molar-refractivity contribution in [2.45, 2.75) is 25.3 Å². The van der Waals surface area contributed by atoms with Gasteiger partial charge in [0.2, 0.25) is 5.91 Å². The number of nitrogens with two attached hydrogens (primary N) is 1. The van der Waals surface area contributed by atoms with E-state index in [4.69, 9.17) is 5.73 Å². The average molecular weight is 409 g/mol. The minimum atomic E-state index is -0.580. The van der Waals surface area contributed by atoms with Crippen molar-refractivity contribution in [1.82, 2.24) is 10.4 Å². The molecule has 0 atom stereocenters. The summed E-state index contributed by atoms with van der Waals surface area (Å²) in [5, 5.41) is 10.0. The van der Waals surface area contributed by atoms with Gasteiger partial charge in [0.25, 0.3) is 5.91 Å². The number of phenolic OH excluding ortho intramolecular Hbond substituents is 1. The van der Waals surface area contributed by atoms with Gasteiger partial charge in [-0.15, -0.1) is 0 Å². The zero-order chi connectivity index (χ0) is 21.5. The Labute approximate surface area is 176 Å². The van der Waals surface area contributed by atoms with Crippen molar-refractivity contribution < 1.29 is 19.5 Å². The fourth-order valence-corrected chi connectivity index (χ4v) is 3.76. The molecule has 0 aromatic heterocycles. The van der Waals surface area contributed by atoms with Crippen LogP contribution in [0.3, 0.4) is 0 Å². The third kappa shape index (κ3) is 5.06. The number of likely N-dealkylation sites (tertiary alicyclic amines) is 1. The SMILES string of the molecule is CONC(=O)c1c(O)cccc1/C=C/C(=O)N1CCC(c2cccc(CN)c2)CC1. The molecule has 1 aliphatic rings. The van der Waals surface area contributed by atoms with Gasteiger partial charge in [0.15, 0.2) is 0 Å². The van der Waals surface area contributed by atoms with Crippen LogP contribution in [0.2, 0.25) is 0 Å². The first-order chi connectivity index (χ1) is 14.5. The van der Waals surface area contributed by atoms with Crippen LogP contribution in [0.4, 0.5) is 0 Å². The highest BCUT2D eigenvalue weighted by atomic mass is 16.6. The van der Waals surface area contributed by atoms with Crippen LogP contribution in [0.15, 0.2) is 48.5 Å². The van der Waals surface area contributed by atoms with Gasteiger partial charge in [-0.05, 0) is 47.6 Å². The van der Waals surface area contributed by atoms with E-state index in [1.165, 1.54) is 24.8 Å². The molecule has 1 saturated heterocycles. The van der Waals surface area contributed by atoms with Crippen LogP contribution in [0.25, 0.3) is 6.08 Å². The lowest BCUT2D eigenvalue weighted by Crippen LogP contribution is -2.36. The number of hydrogen-bond acceptors (Lipinski definition) is 5. The Morgan fingerprint density at radius 3 is 2.67 bits per heavy atom. The summed E-state index contributed by atoms with van der Waals surface area (Å²) in [6, 6.07) is 13.0. The zero-order valence-electron chi connectivity index (χ0n) is 17.0. The Bertz CT molecular complexity index is 934. The van der Waals surface area contributed by atoms with Gasteiger partial charge in [-0.25, -0.2) is 5.48 Å². The normalized spacial score (nSPS) is 14.8. The van der Waals surface area contributed by atoms with E-state index in [2.05, 4.69) is 22.5 Å². The first kappa shape index (κ1) is 21.5. The lowest BCUT2D eigenvalue weighted by atomic mass is 9.88. The number of carbonyl (C=O) groups is 2. The molecule has 0 radical (unpaired) electrons. The summed E-state index contributed by atoms with van der Waals surface area (Å²) in [5.74, 6) is -0.464. The van der Waals surface area contributed by atoms with Crippen LogP contribution in [0.1, 0.15) is 45.8 Å². The van der Waals surface area contributed by atoms with Crippen LogP contribution in [-0.2, 0) is 16.2 Å². The summed E-state index contributed by atoms with van der Waals surface area (Å²) in [6.07, 6.45) is 4.76. The molecule has 2 amide bonds. The third-order valence-electron chi connectivity index (χ3n) is 5.37. The van der Waals surface area contributed by atoms with Gasteiger partial charge in [0, 0.05) is 25.7 Å². The molecule has 2 aromatic rings. The van der Waals surface area contributed by atoms with Crippen molar-refractivity contribution >= 4 is 17.9 Å². The van der Waals surface area contributed by atoms with Crippen molar-refractivity contribution in [2.75, 3.05) is 20.2 Å². The Morgan fingerprint density at radius 1 is 1.23 bits per heavy atom. The summed E-state index contributed by atoms with van der Waals surface area (Å²) >= 11 is 0. The number of benzene rings is 2. The molecule has 1 aliphatic heterocycles. The second kappa shape index (κ2) is 10.0. The van der Waals surface area contributed by atoms with E-state index in [0.717, 1.165) is 18.4 Å². The van der Waals surface area contributed by atoms with Gasteiger partial charge in [-0.2, -0.15) is 0 Å². The molecule has 7 nitrogen and oxygen atoms in total. The molecule has 1 heterocycles. The highest BCUT2D eigenvalue weighted by molar-refractivity contribution is 6.01. The number of hydrogen-bond donors (Lipinski definition) is 3. The van der Waals surface area contributed by atoms with E-state index in [0.29, 0.717) is 31.1 Å². The second-order valence-corrected chi connectivity index (χ2v) is 7.26. The minimum Gasteiger partial charge on any atom is -0.507 e. The first-order valence-corrected chi connectivity index (χ1v) is 9.94. The van der Waals surface area contributed by atoms with Gasteiger partial charge in [0.1, 0.15) is 5.75 Å². The molecule has 4 N–H and O–H groups in total. The van der Waals surface area contributed by atoms with Crippen molar-refractivity contribution in [2.24, 2.45) is 5.73 Å². The summed E-state index contributed by atoms with van der Waals surface area (Å²) < 4.78 is 0. The first-order valence-electron chi connectivity index (χ1n) is 9.94. The fraction of sp³-hybridized carbons (Fsp3) is 0.304. The van der Waals surface area contributed by atoms with Crippen LogP contribution >= 0.6 is 0 Å². The molecular weight excluding hydrogens is 382 g/mol. The molecular formula is C23H27N3O4. The number of rotatable bonds is 6. The van der Waals surface area contributed by atoms with E-state index in [1.807, 2.05) is 12.1 Å². The maximum atomic E-state index is 12.6. The lowest BCUT2D eigenvalue weighted by molar-refractivity contribution is -0.126. The van der Waals surface area contributed by atoms with Crippen molar-refractivity contribution in [1.29, 1.82) is 0 Å². The molecule has 0 spiro atoms. The topological polar surface area (TPSA) is 105 Å². The monoisotopic (exact) mass is 409 g/mol. The smallest absolute Gasteiger partial charge is 0.279 e. The summed E-state index contributed by atoms with van der Waals surface area (Å²) in [4.78, 5) is 31.2. The summed E-state index contributed by atoms with van der Waals surface area (Å²) in [5.41, 5.74) is 10.8. The summed E-state index contributed by atoms with van der Waals surface area (Å²) in [7, 11) is 1.31. The Hall–Kier alpha value is -3.16. The maximum Gasteiger partial charge on any atom is 0.279 e. The molecule has 0 unspecified atom stereocenters. The zero-order valence-corrected chi connectivity index (χ0v) is 17.0. The number of hydroxylamine groups is 1. The number of nitrogens with one attached hydrogen (secondary N) is 1.